The predicted molar refractivity (Wildman–Crippen MR) is 147 cm³/mol. The second-order valence-electron chi connectivity index (χ2n) is 9.57. The van der Waals surface area contributed by atoms with E-state index in [-0.39, 0.29) is 37.9 Å². The van der Waals surface area contributed by atoms with E-state index in [2.05, 4.69) is 16.0 Å². The van der Waals surface area contributed by atoms with Crippen molar-refractivity contribution in [1.82, 2.24) is 16.0 Å². The molecule has 4 amide bonds. The highest BCUT2D eigenvalue weighted by atomic mass is 16.4. The summed E-state index contributed by atoms with van der Waals surface area (Å²) in [7, 11) is 0. The Labute approximate surface area is 233 Å². The molecule has 0 fully saturated rings. The summed E-state index contributed by atoms with van der Waals surface area (Å²) in [5, 5.41) is 26.8. The Kier molecular flexibility index (Phi) is 15.9. The zero-order valence-electron chi connectivity index (χ0n) is 22.6. The number of carbonyl (C=O) groups excluding carboxylic acids is 4. The number of aromatic hydroxyl groups is 1. The number of nitrogens with two attached hydrogens (primary N) is 4. The first-order valence-corrected chi connectivity index (χ1v) is 13.3. The fourth-order valence-electron chi connectivity index (χ4n) is 3.84. The number of amides is 4. The smallest absolute Gasteiger partial charge is 0.326 e. The number of aliphatic carboxylic acids is 1. The summed E-state index contributed by atoms with van der Waals surface area (Å²) < 4.78 is 0. The molecule has 0 radical (unpaired) electrons. The predicted octanol–water partition coefficient (Wildman–Crippen LogP) is -1.68. The van der Waals surface area contributed by atoms with Gasteiger partial charge in [-0.1, -0.05) is 12.1 Å². The van der Waals surface area contributed by atoms with E-state index >= 15 is 0 Å². The van der Waals surface area contributed by atoms with Crippen LogP contribution in [0.25, 0.3) is 0 Å². The Morgan fingerprint density at radius 3 is 1.75 bits per heavy atom. The van der Waals surface area contributed by atoms with Crippen molar-refractivity contribution in [1.29, 1.82) is 0 Å². The van der Waals surface area contributed by atoms with Gasteiger partial charge in [-0.25, -0.2) is 4.79 Å². The lowest BCUT2D eigenvalue weighted by Gasteiger charge is -2.25. The molecule has 0 aromatic heterocycles. The molecular formula is C26H43N7O7. The third-order valence-corrected chi connectivity index (χ3v) is 6.19. The number of hydrogen-bond acceptors (Lipinski definition) is 9. The summed E-state index contributed by atoms with van der Waals surface area (Å²) >= 11 is 0. The van der Waals surface area contributed by atoms with Gasteiger partial charge in [0.15, 0.2) is 0 Å². The first-order chi connectivity index (χ1) is 19.0. The van der Waals surface area contributed by atoms with Gasteiger partial charge in [-0.3, -0.25) is 19.2 Å². The zero-order chi connectivity index (χ0) is 30.1. The molecule has 0 saturated heterocycles. The van der Waals surface area contributed by atoms with Gasteiger partial charge >= 0.3 is 5.97 Å². The molecule has 0 aliphatic carbocycles. The van der Waals surface area contributed by atoms with E-state index in [9.17, 15) is 34.2 Å². The van der Waals surface area contributed by atoms with Gasteiger partial charge in [0, 0.05) is 12.8 Å². The maximum Gasteiger partial charge on any atom is 0.326 e. The lowest BCUT2D eigenvalue weighted by Crippen LogP contribution is -2.57. The Morgan fingerprint density at radius 2 is 1.23 bits per heavy atom. The van der Waals surface area contributed by atoms with Crippen LogP contribution >= 0.6 is 0 Å². The number of benzene rings is 1. The van der Waals surface area contributed by atoms with Crippen LogP contribution in [0.5, 0.6) is 5.75 Å². The van der Waals surface area contributed by atoms with Crippen LogP contribution in [-0.2, 0) is 30.4 Å². The molecule has 1 aromatic carbocycles. The summed E-state index contributed by atoms with van der Waals surface area (Å²) in [6.45, 7) is 0.750. The molecule has 14 heteroatoms. The van der Waals surface area contributed by atoms with Crippen molar-refractivity contribution >= 4 is 29.6 Å². The first kappa shape index (κ1) is 34.3. The molecule has 0 aliphatic rings. The molecule has 1 aromatic rings. The SMILES string of the molecule is NCCCCC(NC(=O)C(CCCCN)NC(=O)C(Cc1ccc(O)cc1)NC(=O)C(N)CCC(N)=O)C(=O)O. The monoisotopic (exact) mass is 565 g/mol. The van der Waals surface area contributed by atoms with Crippen LogP contribution in [0.1, 0.15) is 56.9 Å². The van der Waals surface area contributed by atoms with Gasteiger partial charge in [0.25, 0.3) is 0 Å². The molecular weight excluding hydrogens is 522 g/mol. The number of nitrogens with one attached hydrogen (secondary N) is 3. The maximum atomic E-state index is 13.4. The molecule has 4 atom stereocenters. The minimum Gasteiger partial charge on any atom is -0.508 e. The van der Waals surface area contributed by atoms with Crippen LogP contribution in [0.2, 0.25) is 0 Å². The molecule has 0 spiro atoms. The average Bonchev–Trinajstić information content (AvgIpc) is 2.91. The highest BCUT2D eigenvalue weighted by Crippen LogP contribution is 2.13. The fraction of sp³-hybridized carbons (Fsp3) is 0.577. The van der Waals surface area contributed by atoms with E-state index in [1.54, 1.807) is 12.1 Å². The minimum absolute atomic E-state index is 0.00558. The van der Waals surface area contributed by atoms with Crippen LogP contribution in [0.3, 0.4) is 0 Å². The van der Waals surface area contributed by atoms with E-state index in [0.717, 1.165) is 0 Å². The molecule has 224 valence electrons. The molecule has 0 aliphatic heterocycles. The molecule has 13 N–H and O–H groups in total. The van der Waals surface area contributed by atoms with Gasteiger partial charge < -0.3 is 49.1 Å². The Morgan fingerprint density at radius 1 is 0.725 bits per heavy atom. The molecule has 40 heavy (non-hydrogen) atoms. The molecule has 14 nitrogen and oxygen atoms in total. The topological polar surface area (TPSA) is 266 Å². The van der Waals surface area contributed by atoms with Crippen molar-refractivity contribution in [2.75, 3.05) is 13.1 Å². The van der Waals surface area contributed by atoms with Crippen LogP contribution in [0, 0.1) is 0 Å². The summed E-state index contributed by atoms with van der Waals surface area (Å²) in [4.78, 5) is 62.0. The van der Waals surface area contributed by atoms with Gasteiger partial charge in [0.05, 0.1) is 6.04 Å². The number of carboxylic acid groups (broad SMARTS) is 1. The summed E-state index contributed by atoms with van der Waals surface area (Å²) in [5.41, 5.74) is 22.6. The highest BCUT2D eigenvalue weighted by Gasteiger charge is 2.30. The number of unbranched alkanes of at least 4 members (excludes halogenated alkanes) is 2. The van der Waals surface area contributed by atoms with Crippen LogP contribution in [0.4, 0.5) is 0 Å². The summed E-state index contributed by atoms with van der Waals surface area (Å²) in [6.07, 6.45) is 2.34. The third kappa shape index (κ3) is 13.4. The third-order valence-electron chi connectivity index (χ3n) is 6.19. The van der Waals surface area contributed by atoms with Gasteiger partial charge in [0.2, 0.25) is 23.6 Å². The van der Waals surface area contributed by atoms with Crippen molar-refractivity contribution in [3.8, 4) is 5.75 Å². The summed E-state index contributed by atoms with van der Waals surface area (Å²) in [6, 6.07) is 1.42. The van der Waals surface area contributed by atoms with E-state index in [0.29, 0.717) is 44.3 Å². The number of carbonyl (C=O) groups is 5. The van der Waals surface area contributed by atoms with Crippen LogP contribution < -0.4 is 38.9 Å². The van der Waals surface area contributed by atoms with Crippen molar-refractivity contribution in [2.24, 2.45) is 22.9 Å². The van der Waals surface area contributed by atoms with E-state index in [1.807, 2.05) is 0 Å². The van der Waals surface area contributed by atoms with Crippen molar-refractivity contribution in [3.05, 3.63) is 29.8 Å². The van der Waals surface area contributed by atoms with E-state index < -0.39 is 53.8 Å². The average molecular weight is 566 g/mol. The number of primary amides is 1. The van der Waals surface area contributed by atoms with E-state index in [1.165, 1.54) is 12.1 Å². The minimum atomic E-state index is -1.21. The quantitative estimate of drug-likeness (QED) is 0.0810. The number of carboxylic acids is 1. The Balaban J connectivity index is 3.11. The molecule has 1 rings (SSSR count). The highest BCUT2D eigenvalue weighted by molar-refractivity contribution is 5.94. The first-order valence-electron chi connectivity index (χ1n) is 13.3. The van der Waals surface area contributed by atoms with Gasteiger partial charge in [-0.05, 0) is 75.7 Å². The second kappa shape index (κ2) is 18.5. The lowest BCUT2D eigenvalue weighted by molar-refractivity contribution is -0.142. The number of hydrogen-bond donors (Lipinski definition) is 9. The molecule has 0 saturated carbocycles. The molecule has 4 unspecified atom stereocenters. The number of phenols is 1. The van der Waals surface area contributed by atoms with E-state index in [4.69, 9.17) is 22.9 Å². The Hall–Kier alpha value is -3.75. The second-order valence-corrected chi connectivity index (χ2v) is 9.57. The Bertz CT molecular complexity index is 975. The maximum absolute atomic E-state index is 13.4. The summed E-state index contributed by atoms with van der Waals surface area (Å²) in [5.74, 6) is -3.91. The fourth-order valence-corrected chi connectivity index (χ4v) is 3.84. The van der Waals surface area contributed by atoms with Gasteiger partial charge in [-0.2, -0.15) is 0 Å². The van der Waals surface area contributed by atoms with Crippen molar-refractivity contribution in [3.63, 3.8) is 0 Å². The normalized spacial score (nSPS) is 13.9. The van der Waals surface area contributed by atoms with Crippen molar-refractivity contribution < 1.29 is 34.2 Å². The van der Waals surface area contributed by atoms with Crippen molar-refractivity contribution in [2.45, 2.75) is 82.0 Å². The number of rotatable bonds is 20. The van der Waals surface area contributed by atoms with Gasteiger partial charge in [-0.15, -0.1) is 0 Å². The largest absolute Gasteiger partial charge is 0.508 e. The van der Waals surface area contributed by atoms with Gasteiger partial charge in [0.1, 0.15) is 23.9 Å². The zero-order valence-corrected chi connectivity index (χ0v) is 22.6. The standard InChI is InChI=1S/C26H43N7O7/c27-13-3-1-5-19(24(37)32-20(26(39)40)6-2-4-14-28)31-25(38)21(15-16-7-9-17(34)10-8-16)33-23(36)18(29)11-12-22(30)35/h7-10,18-21,34H,1-6,11-15,27-29H2,(H2,30,35)(H,31,38)(H,32,37)(H,33,36)(H,39,40). The lowest BCUT2D eigenvalue weighted by atomic mass is 10.0. The number of phenolic OH excluding ortho intramolecular Hbond substituents is 1. The molecule has 0 heterocycles. The van der Waals surface area contributed by atoms with Crippen LogP contribution in [0.15, 0.2) is 24.3 Å². The van der Waals surface area contributed by atoms with Crippen LogP contribution in [-0.4, -0.2) is 77.1 Å². The molecule has 0 bridgehead atoms.